The van der Waals surface area contributed by atoms with E-state index in [0.717, 1.165) is 94.6 Å². The van der Waals surface area contributed by atoms with Gasteiger partial charge in [-0.1, -0.05) is 106 Å². The minimum Gasteiger partial charge on any atom is -0.748 e. The van der Waals surface area contributed by atoms with Gasteiger partial charge in [0, 0.05) is 91.9 Å². The molecule has 20 nitrogen and oxygen atoms in total. The Hall–Kier alpha value is -8.95. The number of carbonyl (C=O) groups is 6. The number of carboxylic acid groups (broad SMARTS) is 2. The number of benzene rings is 4. The molecule has 1 fully saturated rings. The first-order valence-electron chi connectivity index (χ1n) is 32.7. The van der Waals surface area contributed by atoms with Crippen molar-refractivity contribution in [3.8, 4) is 0 Å². The number of aliphatic carboxylic acids is 2. The average Bonchev–Trinajstić information content (AvgIpc) is 1.61. The molecule has 0 spiro atoms. The molecule has 4 aliphatic heterocycles. The van der Waals surface area contributed by atoms with Gasteiger partial charge in [-0.25, -0.2) is 23.0 Å². The Morgan fingerprint density at radius 2 is 1.30 bits per heavy atom. The van der Waals surface area contributed by atoms with E-state index in [9.17, 15) is 58.5 Å². The lowest BCUT2D eigenvalue weighted by atomic mass is 9.81. The predicted molar refractivity (Wildman–Crippen MR) is 360 cm³/mol. The highest BCUT2D eigenvalue weighted by molar-refractivity contribution is 7.85. The minimum atomic E-state index is -5.08. The molecule has 0 aliphatic carbocycles. The van der Waals surface area contributed by atoms with Crippen LogP contribution in [-0.2, 0) is 57.9 Å². The number of piperidine rings is 1. The number of aryl methyl sites for hydroxylation is 2. The topological polar surface area (TPSA) is 267 Å². The van der Waals surface area contributed by atoms with Crippen molar-refractivity contribution in [1.29, 1.82) is 0 Å². The van der Waals surface area contributed by atoms with Crippen molar-refractivity contribution >= 4 is 79.8 Å². The third-order valence-electron chi connectivity index (χ3n) is 17.6. The number of unbranched alkanes of at least 4 members (excludes halogenated alkanes) is 4. The summed E-state index contributed by atoms with van der Waals surface area (Å²) >= 11 is 0. The van der Waals surface area contributed by atoms with E-state index >= 15 is 0 Å². The molecule has 1 saturated heterocycles. The largest absolute Gasteiger partial charge is 0.748 e. The first-order valence-corrected chi connectivity index (χ1v) is 34.2. The molecule has 4 aliphatic rings. The second-order valence-corrected chi connectivity index (χ2v) is 26.9. The molecule has 1 aromatic heterocycles. The third kappa shape index (κ3) is 21.5. The Morgan fingerprint density at radius 3 is 1.96 bits per heavy atom. The van der Waals surface area contributed by atoms with Gasteiger partial charge in [-0.05, 0) is 126 Å². The number of likely N-dealkylation sites (tertiary alicyclic amines) is 1. The maximum absolute atomic E-state index is 13.9. The fourth-order valence-electron chi connectivity index (χ4n) is 12.5. The van der Waals surface area contributed by atoms with Gasteiger partial charge in [0.25, 0.3) is 5.91 Å². The van der Waals surface area contributed by atoms with Crippen molar-refractivity contribution in [1.82, 2.24) is 25.1 Å². The van der Waals surface area contributed by atoms with Gasteiger partial charge in [0.2, 0.25) is 23.4 Å². The fraction of sp³-hybridized carbons (Fsp3) is 0.437. The molecule has 0 saturated carbocycles. The molecule has 5 aromatic rings. The molecule has 0 radical (unpaired) electrons. The summed E-state index contributed by atoms with van der Waals surface area (Å²) in [6.45, 7) is 14.0. The van der Waals surface area contributed by atoms with Gasteiger partial charge in [0.15, 0.2) is 5.71 Å². The van der Waals surface area contributed by atoms with Crippen LogP contribution < -0.4 is 25.8 Å². The van der Waals surface area contributed by atoms with Crippen LogP contribution in [-0.4, -0.2) is 147 Å². The van der Waals surface area contributed by atoms with Crippen molar-refractivity contribution in [2.75, 3.05) is 66.7 Å². The van der Waals surface area contributed by atoms with E-state index in [1.54, 1.807) is 11.0 Å². The van der Waals surface area contributed by atoms with Crippen LogP contribution in [0.1, 0.15) is 132 Å². The third-order valence-corrected chi connectivity index (χ3v) is 18.4. The molecule has 0 atom stereocenters. The molecule has 528 valence electrons. The van der Waals surface area contributed by atoms with E-state index in [1.165, 1.54) is 22.5 Å². The Labute approximate surface area is 566 Å². The highest BCUT2D eigenvalue weighted by Crippen LogP contribution is 2.48. The van der Waals surface area contributed by atoms with Gasteiger partial charge < -0.3 is 40.2 Å². The quantitative estimate of drug-likeness (QED) is 0.0108. The van der Waals surface area contributed by atoms with Crippen LogP contribution in [0, 0.1) is 5.92 Å². The van der Waals surface area contributed by atoms with E-state index in [0.29, 0.717) is 86.8 Å². The number of rotatable bonds is 27. The average molecular weight is 1390 g/mol. The van der Waals surface area contributed by atoms with Gasteiger partial charge in [-0.15, -0.1) is 0 Å². The molecule has 4 aromatic carbocycles. The monoisotopic (exact) mass is 1390 g/mol. The number of hydrogen-bond donors (Lipinski definition) is 5. The first kappa shape index (κ1) is 76.4. The second-order valence-electron chi connectivity index (χ2n) is 25.4. The number of aromatic nitrogens is 2. The number of alkyl halides is 6. The zero-order valence-electron chi connectivity index (χ0n) is 55.3. The van der Waals surface area contributed by atoms with E-state index in [2.05, 4.69) is 134 Å². The van der Waals surface area contributed by atoms with Crippen LogP contribution in [0.2, 0.25) is 0 Å². The van der Waals surface area contributed by atoms with Gasteiger partial charge >= 0.3 is 24.3 Å². The van der Waals surface area contributed by atoms with Gasteiger partial charge in [-0.3, -0.25) is 29.0 Å². The minimum absolute atomic E-state index is 0.0162. The number of anilines is 4. The van der Waals surface area contributed by atoms with Gasteiger partial charge in [0.1, 0.15) is 6.54 Å². The van der Waals surface area contributed by atoms with Crippen molar-refractivity contribution in [3.63, 3.8) is 0 Å². The second kappa shape index (κ2) is 34.5. The van der Waals surface area contributed by atoms with Crippen LogP contribution >= 0.6 is 0 Å². The summed E-state index contributed by atoms with van der Waals surface area (Å²) < 4.78 is 102. The van der Waals surface area contributed by atoms with Crippen molar-refractivity contribution in [2.24, 2.45) is 5.92 Å². The lowest BCUT2D eigenvalue weighted by Crippen LogP contribution is -2.42. The van der Waals surface area contributed by atoms with Gasteiger partial charge in [-0.2, -0.15) is 30.9 Å². The van der Waals surface area contributed by atoms with Crippen molar-refractivity contribution < 1.29 is 82.9 Å². The number of para-hydroxylation sites is 5. The number of fused-ring (bicyclic) bond motifs is 4. The molecule has 5 heterocycles. The van der Waals surface area contributed by atoms with Crippen LogP contribution in [0.5, 0.6) is 0 Å². The number of hydrogen-bond acceptors (Lipinski definition) is 12. The number of amides is 4. The molecule has 4 amide bonds. The standard InChI is InChI=1S/C67H83N9O7S.2C2HF3O2/c1-66(2)53-25-11-15-29-57(53)74(60(66)32-7-5-8-33-61-67(3,4)54-26-12-16-30-58(54)75(61)43-21-22-46-84(81,82)83)42-19-6-9-34-62(77)68-39-40-69-63(78)36-35-51-47-73(49-70-51)41-20-18-23-50-37-44-72(45-38-50)48-64(79)76-56-28-14-10-24-52(56)65(80)71-55-27-13-17-31-59(55)76;2*3-2(4,5)1(6)7/h5,7-8,10-17,24-33,47,49-50H,6,9,18-23,34-46,48H2,1-4H3,(H3-,68,69,71,77,78,80,81,82,83);2*(H,6,7). The molecule has 0 bridgehead atoms. The predicted octanol–water partition coefficient (Wildman–Crippen LogP) is 11.9. The molecule has 27 heteroatoms. The zero-order valence-corrected chi connectivity index (χ0v) is 56.2. The van der Waals surface area contributed by atoms with E-state index in [1.807, 2.05) is 67.1 Å². The SMILES string of the molecule is CC1(C)C(/C=C/C=C/C=C2\N(CCCCS(=O)(=O)[O-])c3ccccc3C2(C)C)=[N+](CCCCCC(=O)NCCNC(=O)CCc2cn(CCCCC3CCN(CC(=O)N4c5ccccc5NC(=O)c5ccccc54)CC3)cn2)c2ccccc21.O=C(O)C(F)(F)F.O=C(O)C(F)(F)F. The maximum Gasteiger partial charge on any atom is 0.490 e. The highest BCUT2D eigenvalue weighted by atomic mass is 32.2. The van der Waals surface area contributed by atoms with E-state index < -0.39 is 34.4 Å². The lowest BCUT2D eigenvalue weighted by Gasteiger charge is -2.33. The molecule has 5 N–H and O–H groups in total. The Morgan fingerprint density at radius 1 is 0.704 bits per heavy atom. The Balaban J connectivity index is 0.000000871. The number of halogens is 6. The number of imidazole rings is 1. The van der Waals surface area contributed by atoms with Crippen molar-refractivity contribution in [2.45, 2.75) is 141 Å². The number of carbonyl (C=O) groups excluding carboxylic acids is 4. The number of nitrogens with zero attached hydrogens (tertiary/aromatic N) is 6. The normalized spacial score (nSPS) is 16.3. The van der Waals surface area contributed by atoms with Crippen molar-refractivity contribution in [3.05, 3.63) is 168 Å². The molecule has 9 rings (SSSR count). The first-order chi connectivity index (χ1) is 46.4. The summed E-state index contributed by atoms with van der Waals surface area (Å²) in [6.07, 6.45) is 14.5. The fourth-order valence-corrected chi connectivity index (χ4v) is 13.1. The van der Waals surface area contributed by atoms with Gasteiger partial charge in [0.05, 0.1) is 56.7 Å². The molecular weight excluding hydrogens is 1300 g/mol. The summed E-state index contributed by atoms with van der Waals surface area (Å²) in [5, 5.41) is 23.1. The molecule has 0 unspecified atom stereocenters. The zero-order chi connectivity index (χ0) is 71.4. The molecule has 98 heavy (non-hydrogen) atoms. The smallest absolute Gasteiger partial charge is 0.490 e. The lowest BCUT2D eigenvalue weighted by molar-refractivity contribution is -0.438. The van der Waals surface area contributed by atoms with E-state index in [4.69, 9.17) is 19.8 Å². The summed E-state index contributed by atoms with van der Waals surface area (Å²) in [6, 6.07) is 31.6. The summed E-state index contributed by atoms with van der Waals surface area (Å²) in [7, 11) is -4.25. The van der Waals surface area contributed by atoms with E-state index in [-0.39, 0.29) is 40.2 Å². The highest BCUT2D eigenvalue weighted by Gasteiger charge is 2.44. The number of carboxylic acids is 2. The maximum atomic E-state index is 13.9. The van der Waals surface area contributed by atoms with Crippen LogP contribution in [0.4, 0.5) is 54.8 Å². The summed E-state index contributed by atoms with van der Waals surface area (Å²) in [5.74, 6) is -5.60. The Kier molecular flexibility index (Phi) is 26.9. The molecular formula is C71H85F6N9O11S. The van der Waals surface area contributed by atoms with Crippen LogP contribution in [0.15, 0.2) is 146 Å². The van der Waals surface area contributed by atoms with Crippen LogP contribution in [0.3, 0.4) is 0 Å². The number of allylic oxidation sites excluding steroid dienone is 6. The Bertz CT molecular complexity index is 3850. The summed E-state index contributed by atoms with van der Waals surface area (Å²) in [5.41, 5.74) is 9.95. The van der Waals surface area contributed by atoms with Crippen LogP contribution in [0.25, 0.3) is 0 Å². The number of nitrogens with one attached hydrogen (secondary N) is 3. The summed E-state index contributed by atoms with van der Waals surface area (Å²) in [4.78, 5) is 81.0.